The van der Waals surface area contributed by atoms with Gasteiger partial charge in [-0.05, 0) is 43.7 Å². The first-order valence-corrected chi connectivity index (χ1v) is 14.6. The Hall–Kier alpha value is -1.66. The van der Waals surface area contributed by atoms with Crippen LogP contribution in [-0.4, -0.2) is 55.1 Å². The minimum absolute atomic E-state index is 0.0221. The highest BCUT2D eigenvalue weighted by Gasteiger charge is 2.49. The van der Waals surface area contributed by atoms with Crippen LogP contribution in [0.15, 0.2) is 35.2 Å². The molecule has 0 saturated carbocycles. The molecule has 2 rings (SSSR count). The average molecular weight is 530 g/mol. The molecule has 35 heavy (non-hydrogen) atoms. The molecule has 0 spiro atoms. The van der Waals surface area contributed by atoms with Crippen LogP contribution < -0.4 is 10.9 Å². The molecular formula is C24H39N3O6S2. The second kappa shape index (κ2) is 13.0. The number of benzene rings is 1. The van der Waals surface area contributed by atoms with Gasteiger partial charge in [0, 0.05) is 24.5 Å². The van der Waals surface area contributed by atoms with E-state index in [4.69, 9.17) is 9.57 Å². The van der Waals surface area contributed by atoms with Gasteiger partial charge >= 0.3 is 0 Å². The zero-order valence-corrected chi connectivity index (χ0v) is 23.1. The first-order chi connectivity index (χ1) is 16.3. The van der Waals surface area contributed by atoms with E-state index in [2.05, 4.69) is 10.9 Å². The fraction of sp³-hybridized carbons (Fsp3) is 0.667. The molecule has 0 aromatic heterocycles. The van der Waals surface area contributed by atoms with Crippen molar-refractivity contribution in [3.8, 4) is 0 Å². The zero-order chi connectivity index (χ0) is 26.2. The van der Waals surface area contributed by atoms with Gasteiger partial charge < -0.3 is 4.74 Å². The number of hydrogen-bond donors (Lipinski definition) is 2. The van der Waals surface area contributed by atoms with Gasteiger partial charge in [0.25, 0.3) is 5.91 Å². The lowest BCUT2D eigenvalue weighted by Crippen LogP contribution is -2.59. The number of nitrogens with zero attached hydrogens (tertiary/aromatic N) is 1. The fourth-order valence-corrected chi connectivity index (χ4v) is 6.23. The number of nitrogens with one attached hydrogen (secondary N) is 2. The maximum Gasteiger partial charge on any atom is 0.252 e. The molecule has 0 aliphatic carbocycles. The molecule has 1 heterocycles. The number of carbonyl (C=O) groups is 2. The van der Waals surface area contributed by atoms with Gasteiger partial charge in [-0.25, -0.2) is 18.7 Å². The van der Waals surface area contributed by atoms with E-state index < -0.39 is 38.8 Å². The minimum atomic E-state index is -3.73. The standard InChI is InChI=1S/C24H39N3O6S2/c1-17(2)16-27(35(6,30)31)25-23(29)24(5,34-19-12-8-7-9-13-19)21(18(3)4)22(28)26-33-20-14-10-11-15-32-20/h7-9,12-13,17-18,20-21H,10-11,14-16H2,1-6H3,(H,25,29)(H,26,28)/t20?,21?,24-/m0/s1. The summed E-state index contributed by atoms with van der Waals surface area (Å²) in [4.78, 5) is 33.5. The van der Waals surface area contributed by atoms with Crippen LogP contribution in [0.25, 0.3) is 0 Å². The molecule has 11 heteroatoms. The van der Waals surface area contributed by atoms with Crippen LogP contribution in [0.5, 0.6) is 0 Å². The van der Waals surface area contributed by atoms with Crippen molar-refractivity contribution >= 4 is 33.6 Å². The first kappa shape index (κ1) is 29.6. The van der Waals surface area contributed by atoms with Crippen molar-refractivity contribution in [3.05, 3.63) is 30.3 Å². The highest BCUT2D eigenvalue weighted by Crippen LogP contribution is 2.42. The Morgan fingerprint density at radius 3 is 2.37 bits per heavy atom. The highest BCUT2D eigenvalue weighted by molar-refractivity contribution is 8.01. The predicted octanol–water partition coefficient (Wildman–Crippen LogP) is 3.33. The third kappa shape index (κ3) is 8.75. The molecule has 2 amide bonds. The molecule has 1 aromatic carbocycles. The summed E-state index contributed by atoms with van der Waals surface area (Å²) in [5, 5.41) is 0. The molecule has 0 radical (unpaired) electrons. The number of hydrogen-bond acceptors (Lipinski definition) is 7. The summed E-state index contributed by atoms with van der Waals surface area (Å²) < 4.78 is 29.9. The quantitative estimate of drug-likeness (QED) is 0.315. The average Bonchev–Trinajstić information content (AvgIpc) is 2.77. The molecular weight excluding hydrogens is 490 g/mol. The third-order valence-corrected chi connectivity index (χ3v) is 8.07. The number of thioether (sulfide) groups is 1. The largest absolute Gasteiger partial charge is 0.350 e. The lowest BCUT2D eigenvalue weighted by atomic mass is 9.82. The topological polar surface area (TPSA) is 114 Å². The van der Waals surface area contributed by atoms with E-state index in [1.807, 2.05) is 58.0 Å². The van der Waals surface area contributed by atoms with Crippen LogP contribution in [0, 0.1) is 17.8 Å². The molecule has 1 aromatic rings. The molecule has 198 valence electrons. The van der Waals surface area contributed by atoms with Crippen molar-refractivity contribution < 1.29 is 27.6 Å². The monoisotopic (exact) mass is 529 g/mol. The van der Waals surface area contributed by atoms with Gasteiger partial charge in [-0.2, -0.15) is 0 Å². The number of sulfonamides is 1. The summed E-state index contributed by atoms with van der Waals surface area (Å²) in [5.74, 6) is -2.19. The zero-order valence-electron chi connectivity index (χ0n) is 21.4. The second-order valence-electron chi connectivity index (χ2n) is 9.75. The summed E-state index contributed by atoms with van der Waals surface area (Å²) >= 11 is 1.22. The van der Waals surface area contributed by atoms with Crippen molar-refractivity contribution in [1.82, 2.24) is 15.3 Å². The van der Waals surface area contributed by atoms with E-state index in [-0.39, 0.29) is 18.4 Å². The molecule has 0 bridgehead atoms. The maximum absolute atomic E-state index is 13.8. The highest BCUT2D eigenvalue weighted by atomic mass is 32.2. The Bertz CT molecular complexity index is 936. The Labute approximate surface area is 213 Å². The van der Waals surface area contributed by atoms with Crippen molar-refractivity contribution in [2.45, 2.75) is 69.8 Å². The molecule has 3 atom stereocenters. The number of rotatable bonds is 12. The van der Waals surface area contributed by atoms with E-state index in [0.717, 1.165) is 28.4 Å². The van der Waals surface area contributed by atoms with E-state index in [0.29, 0.717) is 13.0 Å². The summed E-state index contributed by atoms with van der Waals surface area (Å²) in [6, 6.07) is 9.24. The predicted molar refractivity (Wildman–Crippen MR) is 136 cm³/mol. The third-order valence-electron chi connectivity index (χ3n) is 5.65. The van der Waals surface area contributed by atoms with E-state index in [9.17, 15) is 18.0 Å². The smallest absolute Gasteiger partial charge is 0.252 e. The van der Waals surface area contributed by atoms with E-state index >= 15 is 0 Å². The molecule has 1 fully saturated rings. The Morgan fingerprint density at radius 2 is 1.86 bits per heavy atom. The Morgan fingerprint density at radius 1 is 1.20 bits per heavy atom. The summed E-state index contributed by atoms with van der Waals surface area (Å²) in [5.41, 5.74) is 5.09. The van der Waals surface area contributed by atoms with Crippen molar-refractivity contribution in [2.24, 2.45) is 17.8 Å². The molecule has 9 nitrogen and oxygen atoms in total. The summed E-state index contributed by atoms with van der Waals surface area (Å²) in [7, 11) is -3.73. The van der Waals surface area contributed by atoms with Gasteiger partial charge in [-0.1, -0.05) is 45.9 Å². The second-order valence-corrected chi connectivity index (χ2v) is 13.2. The van der Waals surface area contributed by atoms with Gasteiger partial charge in [0.05, 0.1) is 12.2 Å². The molecule has 2 N–H and O–H groups in total. The van der Waals surface area contributed by atoms with Crippen molar-refractivity contribution in [2.75, 3.05) is 19.4 Å². The SMILES string of the molecule is CC(C)CN(NC(=O)[C@@](C)(Sc1ccccc1)C(C(=O)NOC1CCCCO1)C(C)C)S(C)(=O)=O. The van der Waals surface area contributed by atoms with Crippen molar-refractivity contribution in [1.29, 1.82) is 0 Å². The number of hydrazine groups is 1. The van der Waals surface area contributed by atoms with Crippen LogP contribution in [0.3, 0.4) is 0 Å². The molecule has 1 saturated heterocycles. The molecule has 2 unspecified atom stereocenters. The molecule has 1 aliphatic heterocycles. The number of amides is 2. The van der Waals surface area contributed by atoms with E-state index in [1.165, 1.54) is 11.8 Å². The number of ether oxygens (including phenoxy) is 1. The fourth-order valence-electron chi connectivity index (χ4n) is 3.98. The van der Waals surface area contributed by atoms with Gasteiger partial charge in [0.1, 0.15) is 4.75 Å². The molecule has 1 aliphatic rings. The lowest BCUT2D eigenvalue weighted by molar-refractivity contribution is -0.203. The van der Waals surface area contributed by atoms with Crippen LogP contribution >= 0.6 is 11.8 Å². The van der Waals surface area contributed by atoms with Gasteiger partial charge in [-0.15, -0.1) is 16.2 Å². The van der Waals surface area contributed by atoms with Crippen LogP contribution in [-0.2, 0) is 29.2 Å². The Balaban J connectivity index is 2.37. The van der Waals surface area contributed by atoms with Gasteiger partial charge in [0.2, 0.25) is 15.9 Å². The van der Waals surface area contributed by atoms with Crippen molar-refractivity contribution in [3.63, 3.8) is 0 Å². The first-order valence-electron chi connectivity index (χ1n) is 11.9. The summed E-state index contributed by atoms with van der Waals surface area (Å²) in [6.07, 6.45) is 3.06. The Kier molecular flexibility index (Phi) is 11.0. The van der Waals surface area contributed by atoms with E-state index in [1.54, 1.807) is 6.92 Å². The summed E-state index contributed by atoms with van der Waals surface area (Å²) in [6.45, 7) is 9.75. The van der Waals surface area contributed by atoms with Crippen LogP contribution in [0.2, 0.25) is 0 Å². The van der Waals surface area contributed by atoms with Crippen LogP contribution in [0.1, 0.15) is 53.9 Å². The van der Waals surface area contributed by atoms with Gasteiger partial charge in [-0.3, -0.25) is 15.0 Å². The number of carbonyl (C=O) groups excluding carboxylic acids is 2. The minimum Gasteiger partial charge on any atom is -0.350 e. The lowest BCUT2D eigenvalue weighted by Gasteiger charge is -2.38. The van der Waals surface area contributed by atoms with Gasteiger partial charge in [0.15, 0.2) is 6.29 Å². The maximum atomic E-state index is 13.8. The number of hydroxylamine groups is 1. The normalized spacial score (nSPS) is 19.4. The van der Waals surface area contributed by atoms with Crippen LogP contribution in [0.4, 0.5) is 0 Å².